The van der Waals surface area contributed by atoms with Crippen molar-refractivity contribution in [2.75, 3.05) is 16.9 Å². The number of anilines is 2. The van der Waals surface area contributed by atoms with Crippen LogP contribution in [-0.4, -0.2) is 52.4 Å². The third-order valence-corrected chi connectivity index (χ3v) is 4.98. The third kappa shape index (κ3) is 7.83. The molecule has 0 aliphatic heterocycles. The second-order valence-electron chi connectivity index (χ2n) is 8.85. The molecule has 0 heterocycles. The van der Waals surface area contributed by atoms with E-state index in [1.54, 1.807) is 32.9 Å². The van der Waals surface area contributed by atoms with Gasteiger partial charge in [0.2, 0.25) is 0 Å². The van der Waals surface area contributed by atoms with Crippen LogP contribution in [0.3, 0.4) is 0 Å². The van der Waals surface area contributed by atoms with Gasteiger partial charge in [-0.1, -0.05) is 31.4 Å². The van der Waals surface area contributed by atoms with Crippen LogP contribution < -0.4 is 10.3 Å². The molecule has 2 amide bonds. The lowest BCUT2D eigenvalue weighted by Gasteiger charge is -2.44. The van der Waals surface area contributed by atoms with Crippen molar-refractivity contribution in [2.24, 2.45) is 0 Å². The standard InChI is InChI=1S/C22H30F3N3O5/c1-21(2,3)33-20(32)26-16-11-7-8-12-17(16)28(15-9-5-4-6-10-15)27(14-13-18(29)30)19(31)22(23,24)25/h7-8,11-12,15H,4-6,9-10,13-14H2,1-3H3,(H,26,32)(H,29,30). The van der Waals surface area contributed by atoms with Crippen molar-refractivity contribution in [3.05, 3.63) is 24.3 Å². The molecule has 33 heavy (non-hydrogen) atoms. The number of alkyl halides is 3. The second kappa shape index (κ2) is 10.8. The summed E-state index contributed by atoms with van der Waals surface area (Å²) in [7, 11) is 0. The number of carboxylic acids is 1. The van der Waals surface area contributed by atoms with Gasteiger partial charge in [-0.3, -0.25) is 19.9 Å². The molecular formula is C22H30F3N3O5. The number of aliphatic carboxylic acids is 1. The van der Waals surface area contributed by atoms with E-state index in [1.165, 1.54) is 17.1 Å². The summed E-state index contributed by atoms with van der Waals surface area (Å²) in [5, 5.41) is 13.3. The Bertz CT molecular complexity index is 848. The second-order valence-corrected chi connectivity index (χ2v) is 8.85. The molecule has 1 aromatic rings. The van der Waals surface area contributed by atoms with Gasteiger partial charge in [-0.05, 0) is 45.7 Å². The summed E-state index contributed by atoms with van der Waals surface area (Å²) in [5.74, 6) is -3.50. The maximum Gasteiger partial charge on any atom is 0.473 e. The zero-order valence-corrected chi connectivity index (χ0v) is 18.9. The molecule has 1 aliphatic rings. The molecule has 0 bridgehead atoms. The average molecular weight is 473 g/mol. The van der Waals surface area contributed by atoms with Crippen LogP contribution in [-0.2, 0) is 14.3 Å². The molecule has 0 radical (unpaired) electrons. The summed E-state index contributed by atoms with van der Waals surface area (Å²) in [4.78, 5) is 35.9. The third-order valence-electron chi connectivity index (χ3n) is 4.98. The maximum absolute atomic E-state index is 13.5. The van der Waals surface area contributed by atoms with Crippen LogP contribution in [0.2, 0.25) is 0 Å². The van der Waals surface area contributed by atoms with E-state index in [1.807, 2.05) is 0 Å². The predicted molar refractivity (Wildman–Crippen MR) is 116 cm³/mol. The number of hydrazine groups is 1. The molecule has 11 heteroatoms. The first-order valence-electron chi connectivity index (χ1n) is 10.8. The monoisotopic (exact) mass is 473 g/mol. The summed E-state index contributed by atoms with van der Waals surface area (Å²) in [6, 6.07) is 5.64. The Morgan fingerprint density at radius 2 is 1.70 bits per heavy atom. The van der Waals surface area contributed by atoms with E-state index < -0.39 is 48.8 Å². The Kier molecular flexibility index (Phi) is 8.57. The summed E-state index contributed by atoms with van der Waals surface area (Å²) in [6.07, 6.45) is -3.27. The molecule has 1 fully saturated rings. The molecule has 0 unspecified atom stereocenters. The highest BCUT2D eigenvalue weighted by Gasteiger charge is 2.46. The topological polar surface area (TPSA) is 99.2 Å². The van der Waals surface area contributed by atoms with Crippen molar-refractivity contribution < 1.29 is 37.4 Å². The van der Waals surface area contributed by atoms with Crippen LogP contribution in [0, 0.1) is 0 Å². The predicted octanol–water partition coefficient (Wildman–Crippen LogP) is 4.95. The number of nitrogens with zero attached hydrogens (tertiary/aromatic N) is 2. The van der Waals surface area contributed by atoms with Crippen molar-refractivity contribution in [2.45, 2.75) is 77.1 Å². The Balaban J connectivity index is 2.53. The number of hydrogen-bond acceptors (Lipinski definition) is 5. The lowest BCUT2D eigenvalue weighted by Crippen LogP contribution is -2.57. The van der Waals surface area contributed by atoms with E-state index in [-0.39, 0.29) is 11.4 Å². The van der Waals surface area contributed by atoms with Gasteiger partial charge in [-0.25, -0.2) is 9.80 Å². The Labute approximate surface area is 190 Å². The lowest BCUT2D eigenvalue weighted by atomic mass is 9.94. The van der Waals surface area contributed by atoms with Crippen LogP contribution in [0.15, 0.2) is 24.3 Å². The smallest absolute Gasteiger partial charge is 0.473 e. The first-order chi connectivity index (χ1) is 15.3. The molecule has 1 aliphatic carbocycles. The minimum Gasteiger partial charge on any atom is -0.481 e. The Hall–Kier alpha value is -2.98. The molecule has 0 spiro atoms. The zero-order chi connectivity index (χ0) is 24.8. The fourth-order valence-electron chi connectivity index (χ4n) is 3.70. The van der Waals surface area contributed by atoms with Crippen molar-refractivity contribution in [3.63, 3.8) is 0 Å². The molecule has 0 aromatic heterocycles. The zero-order valence-electron chi connectivity index (χ0n) is 18.9. The first-order valence-corrected chi connectivity index (χ1v) is 10.8. The van der Waals surface area contributed by atoms with Gasteiger partial charge in [-0.15, -0.1) is 0 Å². The number of carboxylic acid groups (broad SMARTS) is 1. The van der Waals surface area contributed by atoms with Crippen LogP contribution in [0.25, 0.3) is 0 Å². The molecule has 1 aromatic carbocycles. The van der Waals surface area contributed by atoms with Gasteiger partial charge in [-0.2, -0.15) is 13.2 Å². The molecule has 8 nitrogen and oxygen atoms in total. The van der Waals surface area contributed by atoms with Crippen molar-refractivity contribution >= 4 is 29.3 Å². The largest absolute Gasteiger partial charge is 0.481 e. The number of para-hydroxylation sites is 2. The molecular weight excluding hydrogens is 443 g/mol. The van der Waals surface area contributed by atoms with E-state index in [0.29, 0.717) is 17.9 Å². The SMILES string of the molecule is CC(C)(C)OC(=O)Nc1ccccc1N(C1CCCCC1)N(CCC(=O)O)C(=O)C(F)(F)F. The molecule has 2 N–H and O–H groups in total. The number of nitrogens with one attached hydrogen (secondary N) is 1. The minimum atomic E-state index is -5.21. The number of benzene rings is 1. The molecule has 1 saturated carbocycles. The number of amides is 2. The molecule has 184 valence electrons. The van der Waals surface area contributed by atoms with Crippen molar-refractivity contribution in [3.8, 4) is 0 Å². The number of ether oxygens (including phenoxy) is 1. The van der Waals surface area contributed by atoms with Crippen LogP contribution >= 0.6 is 0 Å². The average Bonchev–Trinajstić information content (AvgIpc) is 2.70. The van der Waals surface area contributed by atoms with Gasteiger partial charge in [0.1, 0.15) is 5.60 Å². The van der Waals surface area contributed by atoms with Gasteiger partial charge in [0.25, 0.3) is 0 Å². The highest BCUT2D eigenvalue weighted by Crippen LogP contribution is 2.35. The van der Waals surface area contributed by atoms with E-state index in [0.717, 1.165) is 19.3 Å². The van der Waals surface area contributed by atoms with Crippen LogP contribution in [0.5, 0.6) is 0 Å². The number of halogens is 3. The van der Waals surface area contributed by atoms with Gasteiger partial charge < -0.3 is 9.84 Å². The highest BCUT2D eigenvalue weighted by molar-refractivity contribution is 5.91. The summed E-state index contributed by atoms with van der Waals surface area (Å²) < 4.78 is 45.8. The fraction of sp³-hybridized carbons (Fsp3) is 0.591. The minimum absolute atomic E-state index is 0.146. The molecule has 0 atom stereocenters. The van der Waals surface area contributed by atoms with Crippen molar-refractivity contribution in [1.82, 2.24) is 5.01 Å². The van der Waals surface area contributed by atoms with E-state index in [2.05, 4.69) is 5.32 Å². The van der Waals surface area contributed by atoms with Gasteiger partial charge >= 0.3 is 24.1 Å². The number of hydrogen-bond donors (Lipinski definition) is 2. The van der Waals surface area contributed by atoms with E-state index >= 15 is 0 Å². The van der Waals surface area contributed by atoms with Crippen LogP contribution in [0.4, 0.5) is 29.3 Å². The van der Waals surface area contributed by atoms with Crippen molar-refractivity contribution in [1.29, 1.82) is 0 Å². The Morgan fingerprint density at radius 3 is 2.24 bits per heavy atom. The van der Waals surface area contributed by atoms with E-state index in [9.17, 15) is 27.6 Å². The molecule has 0 saturated heterocycles. The van der Waals surface area contributed by atoms with E-state index in [4.69, 9.17) is 9.84 Å². The lowest BCUT2D eigenvalue weighted by molar-refractivity contribution is -0.187. The van der Waals surface area contributed by atoms with Crippen LogP contribution in [0.1, 0.15) is 59.3 Å². The normalized spacial score (nSPS) is 15.0. The highest BCUT2D eigenvalue weighted by atomic mass is 19.4. The quantitative estimate of drug-likeness (QED) is 0.544. The number of carbonyl (C=O) groups is 3. The summed E-state index contributed by atoms with van der Waals surface area (Å²) >= 11 is 0. The number of carbonyl (C=O) groups excluding carboxylic acids is 2. The molecule has 2 rings (SSSR count). The fourth-order valence-corrected chi connectivity index (χ4v) is 3.70. The maximum atomic E-state index is 13.5. The van der Waals surface area contributed by atoms with Gasteiger partial charge in [0, 0.05) is 0 Å². The first kappa shape index (κ1) is 26.3. The summed E-state index contributed by atoms with van der Waals surface area (Å²) in [5.41, 5.74) is -0.507. The van der Waals surface area contributed by atoms with Gasteiger partial charge in [0.05, 0.1) is 30.4 Å². The summed E-state index contributed by atoms with van der Waals surface area (Å²) in [6.45, 7) is 4.33. The number of rotatable bonds is 7. The van der Waals surface area contributed by atoms with Gasteiger partial charge in [0.15, 0.2) is 0 Å². The Morgan fingerprint density at radius 1 is 1.09 bits per heavy atom.